The first-order valence-corrected chi connectivity index (χ1v) is 2.69. The van der Waals surface area contributed by atoms with Crippen molar-refractivity contribution in [1.82, 2.24) is 0 Å². The third-order valence-corrected chi connectivity index (χ3v) is 1.26. The third kappa shape index (κ3) is 2.17. The summed E-state index contributed by atoms with van der Waals surface area (Å²) >= 11 is 0.950. The molecule has 0 radical (unpaired) electrons. The van der Waals surface area contributed by atoms with E-state index in [4.69, 9.17) is 0 Å². The number of carbonyl (C=O) groups is 2. The standard InChI is InChI=1S/C3H3NO2S.Na/c5-2-1-7-3(6)4-2;/h1H2,(H,4,5,6);/q;+1/p-1. The molecule has 0 aromatic rings. The Bertz CT molecular complexity index is 112. The molecule has 8 heavy (non-hydrogen) atoms. The van der Waals surface area contributed by atoms with Gasteiger partial charge in [0.25, 0.3) is 0 Å². The number of nitrogens with zero attached hydrogens (tertiary/aromatic N) is 1. The number of rotatable bonds is 0. The van der Waals surface area contributed by atoms with Crippen molar-refractivity contribution in [3.8, 4) is 0 Å². The zero-order valence-corrected chi connectivity index (χ0v) is 7.20. The van der Waals surface area contributed by atoms with Gasteiger partial charge in [-0.3, -0.25) is 0 Å². The molecule has 5 heteroatoms. The van der Waals surface area contributed by atoms with E-state index in [1.54, 1.807) is 0 Å². The van der Waals surface area contributed by atoms with Crippen LogP contribution in [-0.4, -0.2) is 16.9 Å². The topological polar surface area (TPSA) is 48.2 Å². The molecular formula is C3H2NNaO2S. The fraction of sp³-hybridized carbons (Fsp3) is 0.333. The summed E-state index contributed by atoms with van der Waals surface area (Å²) in [6.45, 7) is 0. The monoisotopic (exact) mass is 139 g/mol. The molecule has 3 nitrogen and oxygen atoms in total. The second kappa shape index (κ2) is 3.50. The van der Waals surface area contributed by atoms with Crippen molar-refractivity contribution in [3.05, 3.63) is 5.32 Å². The first kappa shape index (κ1) is 8.49. The molecule has 1 aliphatic heterocycles. The van der Waals surface area contributed by atoms with Gasteiger partial charge in [-0.1, -0.05) is 0 Å². The van der Waals surface area contributed by atoms with Crippen molar-refractivity contribution in [1.29, 1.82) is 0 Å². The van der Waals surface area contributed by atoms with Crippen molar-refractivity contribution in [3.63, 3.8) is 0 Å². The largest absolute Gasteiger partial charge is 1.00 e. The van der Waals surface area contributed by atoms with Gasteiger partial charge >= 0.3 is 29.6 Å². The van der Waals surface area contributed by atoms with E-state index in [2.05, 4.69) is 5.32 Å². The molecule has 1 saturated heterocycles. The molecule has 0 saturated carbocycles. The fourth-order valence-electron chi connectivity index (χ4n) is 0.290. The van der Waals surface area contributed by atoms with E-state index < -0.39 is 0 Å². The van der Waals surface area contributed by atoms with Gasteiger partial charge in [0.05, 0.1) is 5.91 Å². The third-order valence-electron chi connectivity index (χ3n) is 0.535. The van der Waals surface area contributed by atoms with Gasteiger partial charge in [-0.25, -0.2) is 0 Å². The molecule has 0 atom stereocenters. The molecule has 0 aromatic carbocycles. The Hall–Kier alpha value is 0.490. The molecular weight excluding hydrogens is 137 g/mol. The second-order valence-corrected chi connectivity index (χ2v) is 1.99. The second-order valence-electron chi connectivity index (χ2n) is 1.06. The van der Waals surface area contributed by atoms with Crippen molar-refractivity contribution in [2.45, 2.75) is 0 Å². The van der Waals surface area contributed by atoms with E-state index in [1.165, 1.54) is 0 Å². The molecule has 1 fully saturated rings. The average Bonchev–Trinajstić information content (AvgIpc) is 1.87. The molecule has 0 aliphatic carbocycles. The van der Waals surface area contributed by atoms with Gasteiger partial charge in [0.15, 0.2) is 0 Å². The van der Waals surface area contributed by atoms with Crippen LogP contribution < -0.4 is 29.6 Å². The average molecular weight is 139 g/mol. The maximum absolute atomic E-state index is 10.0. The summed E-state index contributed by atoms with van der Waals surface area (Å²) in [7, 11) is 0. The molecule has 0 unspecified atom stereocenters. The van der Waals surface area contributed by atoms with E-state index in [1.807, 2.05) is 0 Å². The zero-order valence-electron chi connectivity index (χ0n) is 4.38. The SMILES string of the molecule is O=C1CSC(=O)[N-]1.[Na+]. The minimum Gasteiger partial charge on any atom is -0.586 e. The molecule has 1 rings (SSSR count). The Balaban J connectivity index is 0.000000490. The Labute approximate surface area is 72.9 Å². The molecule has 0 N–H and O–H groups in total. The van der Waals surface area contributed by atoms with Crippen molar-refractivity contribution in [2.24, 2.45) is 0 Å². The van der Waals surface area contributed by atoms with Crippen LogP contribution in [0.4, 0.5) is 4.79 Å². The maximum atomic E-state index is 10.0. The van der Waals surface area contributed by atoms with E-state index in [-0.39, 0.29) is 46.5 Å². The Morgan fingerprint density at radius 2 is 2.12 bits per heavy atom. The van der Waals surface area contributed by atoms with E-state index in [0.717, 1.165) is 11.8 Å². The normalized spacial score (nSPS) is 17.5. The van der Waals surface area contributed by atoms with Crippen molar-refractivity contribution in [2.75, 3.05) is 5.75 Å². The number of hydrogen-bond donors (Lipinski definition) is 0. The molecule has 1 aliphatic rings. The zero-order chi connectivity index (χ0) is 5.28. The van der Waals surface area contributed by atoms with E-state index in [9.17, 15) is 9.59 Å². The predicted molar refractivity (Wildman–Crippen MR) is 26.2 cm³/mol. The minimum atomic E-state index is -0.356. The van der Waals surface area contributed by atoms with Gasteiger partial charge < -0.3 is 14.9 Å². The van der Waals surface area contributed by atoms with Crippen LogP contribution in [0.1, 0.15) is 0 Å². The van der Waals surface area contributed by atoms with Gasteiger partial charge in [0.1, 0.15) is 5.24 Å². The van der Waals surface area contributed by atoms with Crippen LogP contribution in [0.2, 0.25) is 0 Å². The summed E-state index contributed by atoms with van der Waals surface area (Å²) in [5.74, 6) is -0.0752. The van der Waals surface area contributed by atoms with Crippen LogP contribution in [0.15, 0.2) is 0 Å². The Morgan fingerprint density at radius 3 is 2.25 bits per heavy atom. The van der Waals surface area contributed by atoms with Gasteiger partial charge in [-0.05, 0) is 0 Å². The summed E-state index contributed by atoms with van der Waals surface area (Å²) in [4.78, 5) is 20.1. The van der Waals surface area contributed by atoms with Gasteiger partial charge in [-0.15, -0.1) is 11.8 Å². The summed E-state index contributed by atoms with van der Waals surface area (Å²) in [6.07, 6.45) is 0. The van der Waals surface area contributed by atoms with Crippen molar-refractivity contribution < 1.29 is 39.1 Å². The summed E-state index contributed by atoms with van der Waals surface area (Å²) in [5, 5.41) is 2.72. The first-order valence-electron chi connectivity index (χ1n) is 1.70. The Morgan fingerprint density at radius 1 is 1.50 bits per heavy atom. The molecule has 1 heterocycles. The molecule has 0 spiro atoms. The predicted octanol–water partition coefficient (Wildman–Crippen LogP) is -2.24. The van der Waals surface area contributed by atoms with Crippen LogP contribution in [0.5, 0.6) is 0 Å². The van der Waals surface area contributed by atoms with Crippen LogP contribution in [0.25, 0.3) is 5.32 Å². The first-order chi connectivity index (χ1) is 3.29. The summed E-state index contributed by atoms with van der Waals surface area (Å²) in [5.41, 5.74) is 0. The van der Waals surface area contributed by atoms with Crippen molar-refractivity contribution >= 4 is 22.9 Å². The van der Waals surface area contributed by atoms with Crippen LogP contribution in [0.3, 0.4) is 0 Å². The van der Waals surface area contributed by atoms with E-state index in [0.29, 0.717) is 0 Å². The number of hydrogen-bond acceptors (Lipinski definition) is 3. The smallest absolute Gasteiger partial charge is 0.586 e. The molecule has 38 valence electrons. The minimum absolute atomic E-state index is 0. The molecule has 0 aromatic heterocycles. The van der Waals surface area contributed by atoms with Crippen LogP contribution in [0, 0.1) is 0 Å². The van der Waals surface area contributed by atoms with Crippen LogP contribution >= 0.6 is 11.8 Å². The molecule has 0 bridgehead atoms. The van der Waals surface area contributed by atoms with Crippen LogP contribution in [-0.2, 0) is 4.79 Å². The quantitative estimate of drug-likeness (QED) is 0.356. The number of thioether (sulfide) groups is 1. The molecule has 2 amide bonds. The number of carbonyl (C=O) groups excluding carboxylic acids is 2. The van der Waals surface area contributed by atoms with Gasteiger partial charge in [0, 0.05) is 5.75 Å². The summed E-state index contributed by atoms with van der Waals surface area (Å²) < 4.78 is 0. The van der Waals surface area contributed by atoms with E-state index >= 15 is 0 Å². The summed E-state index contributed by atoms with van der Waals surface area (Å²) in [6, 6.07) is 0. The maximum Gasteiger partial charge on any atom is 1.00 e. The van der Waals surface area contributed by atoms with Gasteiger partial charge in [-0.2, -0.15) is 0 Å². The fourth-order valence-corrected chi connectivity index (χ4v) is 0.768. The number of imide groups is 1. The van der Waals surface area contributed by atoms with Gasteiger partial charge in [0.2, 0.25) is 0 Å². The number of amides is 2. The Kier molecular flexibility index (Phi) is 3.72.